The van der Waals surface area contributed by atoms with E-state index in [9.17, 15) is 4.79 Å². The summed E-state index contributed by atoms with van der Waals surface area (Å²) in [6.07, 6.45) is 6.99. The van der Waals surface area contributed by atoms with E-state index in [4.69, 9.17) is 0 Å². The molecule has 0 spiro atoms. The van der Waals surface area contributed by atoms with Gasteiger partial charge in [0.2, 0.25) is 5.91 Å². The summed E-state index contributed by atoms with van der Waals surface area (Å²) >= 11 is 1.52. The molecule has 3 aromatic heterocycles. The monoisotopic (exact) mass is 342 g/mol. The molecule has 0 aromatic carbocycles. The summed E-state index contributed by atoms with van der Waals surface area (Å²) in [7, 11) is 3.58. The molecule has 2 N–H and O–H groups in total. The van der Waals surface area contributed by atoms with E-state index in [1.165, 1.54) is 11.3 Å². The van der Waals surface area contributed by atoms with Crippen molar-refractivity contribution in [1.82, 2.24) is 30.4 Å². The number of aryl methyl sites for hydroxylation is 1. The van der Waals surface area contributed by atoms with Crippen LogP contribution >= 0.6 is 11.3 Å². The van der Waals surface area contributed by atoms with E-state index in [2.05, 4.69) is 25.7 Å². The van der Waals surface area contributed by atoms with Gasteiger partial charge in [-0.05, 0) is 19.2 Å². The lowest BCUT2D eigenvalue weighted by atomic mass is 10.1. The number of likely N-dealkylation sites (N-methyl/N-ethyl adjacent to an activating group) is 1. The molecule has 3 aromatic rings. The summed E-state index contributed by atoms with van der Waals surface area (Å²) < 4.78 is 1.68. The lowest BCUT2D eigenvalue weighted by Gasteiger charge is -2.13. The number of aromatic nitrogens is 4. The molecule has 0 bridgehead atoms. The molecule has 1 unspecified atom stereocenters. The third kappa shape index (κ3) is 3.66. The van der Waals surface area contributed by atoms with E-state index in [-0.39, 0.29) is 5.91 Å². The minimum atomic E-state index is -0.432. The van der Waals surface area contributed by atoms with Crippen LogP contribution in [0.1, 0.15) is 16.6 Å². The zero-order valence-corrected chi connectivity index (χ0v) is 14.2. The SMILES string of the molecule is CNC(C(=O)NCc1nc(-c2ccncc2)cs1)c1cnn(C)c1. The third-order valence-electron chi connectivity index (χ3n) is 3.55. The lowest BCUT2D eigenvalue weighted by Crippen LogP contribution is -2.35. The number of pyridine rings is 1. The van der Waals surface area contributed by atoms with Gasteiger partial charge in [0.25, 0.3) is 0 Å². The number of thiazole rings is 1. The van der Waals surface area contributed by atoms with Crippen LogP contribution in [0.4, 0.5) is 0 Å². The molecule has 1 atom stereocenters. The Morgan fingerprint density at radius 3 is 2.83 bits per heavy atom. The number of rotatable bonds is 6. The molecular weight excluding hydrogens is 324 g/mol. The van der Waals surface area contributed by atoms with Crippen LogP contribution in [0.15, 0.2) is 42.3 Å². The highest BCUT2D eigenvalue weighted by molar-refractivity contribution is 7.09. The Bertz CT molecular complexity index is 813. The number of carbonyl (C=O) groups is 1. The van der Waals surface area contributed by atoms with E-state index in [1.54, 1.807) is 30.3 Å². The number of nitrogens with zero attached hydrogens (tertiary/aromatic N) is 4. The van der Waals surface area contributed by atoms with E-state index in [0.29, 0.717) is 6.54 Å². The maximum atomic E-state index is 12.4. The largest absolute Gasteiger partial charge is 0.348 e. The second kappa shape index (κ2) is 7.33. The summed E-state index contributed by atoms with van der Waals surface area (Å²) in [6.45, 7) is 0.396. The van der Waals surface area contributed by atoms with Crippen molar-refractivity contribution in [1.29, 1.82) is 0 Å². The molecule has 24 heavy (non-hydrogen) atoms. The van der Waals surface area contributed by atoms with Crippen molar-refractivity contribution < 1.29 is 4.79 Å². The molecule has 0 aliphatic rings. The smallest absolute Gasteiger partial charge is 0.242 e. The predicted molar refractivity (Wildman–Crippen MR) is 92.2 cm³/mol. The molecule has 0 radical (unpaired) electrons. The first-order valence-electron chi connectivity index (χ1n) is 7.45. The fraction of sp³-hybridized carbons (Fsp3) is 0.250. The predicted octanol–water partition coefficient (Wildman–Crippen LogP) is 1.52. The number of carbonyl (C=O) groups excluding carboxylic acids is 1. The molecule has 0 aliphatic carbocycles. The fourth-order valence-electron chi connectivity index (χ4n) is 2.35. The van der Waals surface area contributed by atoms with E-state index >= 15 is 0 Å². The van der Waals surface area contributed by atoms with E-state index in [1.807, 2.05) is 30.8 Å². The van der Waals surface area contributed by atoms with Crippen molar-refractivity contribution in [2.24, 2.45) is 7.05 Å². The average molecular weight is 342 g/mol. The van der Waals surface area contributed by atoms with Gasteiger partial charge < -0.3 is 10.6 Å². The Hall–Kier alpha value is -2.58. The van der Waals surface area contributed by atoms with Gasteiger partial charge in [-0.15, -0.1) is 11.3 Å². The summed E-state index contributed by atoms with van der Waals surface area (Å²) in [5.74, 6) is -0.105. The van der Waals surface area contributed by atoms with Crippen molar-refractivity contribution in [3.8, 4) is 11.3 Å². The van der Waals surface area contributed by atoms with Crippen molar-refractivity contribution in [3.63, 3.8) is 0 Å². The molecule has 8 heteroatoms. The minimum absolute atomic E-state index is 0.105. The van der Waals surface area contributed by atoms with E-state index in [0.717, 1.165) is 21.8 Å². The van der Waals surface area contributed by atoms with Gasteiger partial charge in [0.15, 0.2) is 0 Å². The third-order valence-corrected chi connectivity index (χ3v) is 4.40. The van der Waals surface area contributed by atoms with Crippen LogP contribution in [0.3, 0.4) is 0 Å². The van der Waals surface area contributed by atoms with Gasteiger partial charge in [-0.1, -0.05) is 0 Å². The first kappa shape index (κ1) is 16.3. The molecule has 0 saturated carbocycles. The lowest BCUT2D eigenvalue weighted by molar-refractivity contribution is -0.123. The molecular formula is C16H18N6OS. The highest BCUT2D eigenvalue weighted by Crippen LogP contribution is 2.21. The number of nitrogens with one attached hydrogen (secondary N) is 2. The summed E-state index contributed by atoms with van der Waals surface area (Å²) in [6, 6.07) is 3.39. The van der Waals surface area contributed by atoms with Crippen LogP contribution in [-0.2, 0) is 18.4 Å². The van der Waals surface area contributed by atoms with Gasteiger partial charge in [0.1, 0.15) is 11.0 Å². The van der Waals surface area contributed by atoms with Crippen LogP contribution in [-0.4, -0.2) is 32.7 Å². The molecule has 0 aliphatic heterocycles. The number of hydrogen-bond donors (Lipinski definition) is 2. The molecule has 0 saturated heterocycles. The number of hydrogen-bond acceptors (Lipinski definition) is 6. The van der Waals surface area contributed by atoms with Crippen molar-refractivity contribution in [2.45, 2.75) is 12.6 Å². The van der Waals surface area contributed by atoms with Gasteiger partial charge in [0, 0.05) is 42.1 Å². The van der Waals surface area contributed by atoms with Crippen LogP contribution in [0.5, 0.6) is 0 Å². The van der Waals surface area contributed by atoms with Gasteiger partial charge >= 0.3 is 0 Å². The molecule has 3 heterocycles. The summed E-state index contributed by atoms with van der Waals surface area (Å²) in [4.78, 5) is 20.9. The first-order valence-corrected chi connectivity index (χ1v) is 8.33. The summed E-state index contributed by atoms with van der Waals surface area (Å²) in [5.41, 5.74) is 2.74. The first-order chi connectivity index (χ1) is 11.7. The van der Waals surface area contributed by atoms with Crippen molar-refractivity contribution in [3.05, 3.63) is 52.9 Å². The van der Waals surface area contributed by atoms with Gasteiger partial charge in [-0.25, -0.2) is 4.98 Å². The zero-order chi connectivity index (χ0) is 16.9. The minimum Gasteiger partial charge on any atom is -0.348 e. The Kier molecular flexibility index (Phi) is 4.97. The summed E-state index contributed by atoms with van der Waals surface area (Å²) in [5, 5.41) is 12.9. The van der Waals surface area contributed by atoms with Crippen LogP contribution < -0.4 is 10.6 Å². The quantitative estimate of drug-likeness (QED) is 0.709. The highest BCUT2D eigenvalue weighted by Gasteiger charge is 2.20. The fourth-order valence-corrected chi connectivity index (χ4v) is 3.09. The molecule has 3 rings (SSSR count). The van der Waals surface area contributed by atoms with Gasteiger partial charge in [-0.2, -0.15) is 5.10 Å². The Balaban J connectivity index is 1.63. The second-order valence-corrected chi connectivity index (χ2v) is 6.19. The van der Waals surface area contributed by atoms with Gasteiger partial charge in [0.05, 0.1) is 18.4 Å². The Labute approximate surface area is 143 Å². The van der Waals surface area contributed by atoms with Crippen molar-refractivity contribution in [2.75, 3.05) is 7.05 Å². The zero-order valence-electron chi connectivity index (χ0n) is 13.4. The maximum Gasteiger partial charge on any atom is 0.242 e. The van der Waals surface area contributed by atoms with Crippen LogP contribution in [0.25, 0.3) is 11.3 Å². The highest BCUT2D eigenvalue weighted by atomic mass is 32.1. The van der Waals surface area contributed by atoms with Crippen molar-refractivity contribution >= 4 is 17.2 Å². The molecule has 124 valence electrons. The molecule has 1 amide bonds. The average Bonchev–Trinajstić information content (AvgIpc) is 3.24. The number of amides is 1. The Morgan fingerprint density at radius 2 is 2.17 bits per heavy atom. The van der Waals surface area contributed by atoms with E-state index < -0.39 is 6.04 Å². The van der Waals surface area contributed by atoms with Gasteiger partial charge in [-0.3, -0.25) is 14.5 Å². The van der Waals surface area contributed by atoms with Crippen LogP contribution in [0, 0.1) is 0 Å². The maximum absolute atomic E-state index is 12.4. The normalized spacial score (nSPS) is 12.1. The Morgan fingerprint density at radius 1 is 1.38 bits per heavy atom. The topological polar surface area (TPSA) is 84.7 Å². The standard InChI is InChI=1S/C16H18N6OS/c1-17-15(12-7-20-22(2)9-12)16(23)19-8-14-21-13(10-24-14)11-3-5-18-6-4-11/h3-7,9-10,15,17H,8H2,1-2H3,(H,19,23). The molecule has 7 nitrogen and oxygen atoms in total. The van der Waals surface area contributed by atoms with Crippen LogP contribution in [0.2, 0.25) is 0 Å². The molecule has 0 fully saturated rings. The second-order valence-electron chi connectivity index (χ2n) is 5.25.